The van der Waals surface area contributed by atoms with Crippen molar-refractivity contribution >= 4 is 5.69 Å². The average molecular weight is 260 g/mol. The first kappa shape index (κ1) is 12.8. The molecule has 0 amide bonds. The molecule has 0 saturated heterocycles. The summed E-state index contributed by atoms with van der Waals surface area (Å²) in [5.74, 6) is -0.707. The largest absolute Gasteiger partial charge is 0.489 e. The molecule has 0 aliphatic heterocycles. The van der Waals surface area contributed by atoms with Crippen molar-refractivity contribution in [2.24, 2.45) is 0 Å². The highest BCUT2D eigenvalue weighted by atomic mass is 19.1. The van der Waals surface area contributed by atoms with Crippen LogP contribution in [0.4, 0.5) is 14.5 Å². The lowest BCUT2D eigenvalue weighted by molar-refractivity contribution is 0.299. The second-order valence-corrected chi connectivity index (χ2v) is 3.89. The minimum atomic E-state index is -0.544. The van der Waals surface area contributed by atoms with Crippen molar-refractivity contribution in [3.63, 3.8) is 0 Å². The third kappa shape index (κ3) is 2.99. The maximum absolute atomic E-state index is 13.4. The van der Waals surface area contributed by atoms with Gasteiger partial charge in [0, 0.05) is 11.3 Å². The van der Waals surface area contributed by atoms with Gasteiger partial charge in [-0.2, -0.15) is 5.26 Å². The second kappa shape index (κ2) is 5.36. The zero-order valence-electron chi connectivity index (χ0n) is 9.86. The van der Waals surface area contributed by atoms with Gasteiger partial charge in [-0.05, 0) is 36.4 Å². The molecule has 2 N–H and O–H groups in total. The van der Waals surface area contributed by atoms with Gasteiger partial charge in [0.1, 0.15) is 30.1 Å². The molecule has 3 nitrogen and oxygen atoms in total. The summed E-state index contributed by atoms with van der Waals surface area (Å²) in [5, 5.41) is 8.81. The van der Waals surface area contributed by atoms with Crippen molar-refractivity contribution in [2.75, 3.05) is 5.73 Å². The first-order chi connectivity index (χ1) is 9.10. The van der Waals surface area contributed by atoms with E-state index in [0.717, 1.165) is 18.2 Å². The summed E-state index contributed by atoms with van der Waals surface area (Å²) >= 11 is 0. The first-order valence-electron chi connectivity index (χ1n) is 5.46. The zero-order chi connectivity index (χ0) is 13.8. The van der Waals surface area contributed by atoms with Crippen molar-refractivity contribution in [3.05, 3.63) is 59.2 Å². The standard InChI is InChI=1S/C14H10F2N2O/c15-11-1-3-13(16)10(5-11)8-19-12-2-4-14(18)9(6-12)7-17/h1-6H,8,18H2. The van der Waals surface area contributed by atoms with Gasteiger partial charge in [0.15, 0.2) is 0 Å². The lowest BCUT2D eigenvalue weighted by Gasteiger charge is -2.08. The molecule has 0 saturated carbocycles. The Kier molecular flexibility index (Phi) is 3.62. The van der Waals surface area contributed by atoms with Crippen LogP contribution in [0.1, 0.15) is 11.1 Å². The molecule has 0 fully saturated rings. The quantitative estimate of drug-likeness (QED) is 0.863. The third-order valence-electron chi connectivity index (χ3n) is 2.55. The van der Waals surface area contributed by atoms with Crippen LogP contribution < -0.4 is 10.5 Å². The molecule has 0 unspecified atom stereocenters. The number of anilines is 1. The van der Waals surface area contributed by atoms with E-state index in [1.165, 1.54) is 12.1 Å². The van der Waals surface area contributed by atoms with E-state index in [9.17, 15) is 8.78 Å². The number of hydrogen-bond acceptors (Lipinski definition) is 3. The highest BCUT2D eigenvalue weighted by Gasteiger charge is 2.06. The van der Waals surface area contributed by atoms with Gasteiger partial charge in [0.2, 0.25) is 0 Å². The molecule has 0 aliphatic rings. The number of nitriles is 1. The van der Waals surface area contributed by atoms with Crippen LogP contribution in [0.25, 0.3) is 0 Å². The third-order valence-corrected chi connectivity index (χ3v) is 2.55. The van der Waals surface area contributed by atoms with Crippen LogP contribution in [0.5, 0.6) is 5.75 Å². The number of benzene rings is 2. The Balaban J connectivity index is 2.15. The molecular weight excluding hydrogens is 250 g/mol. The molecule has 2 aromatic rings. The van der Waals surface area contributed by atoms with Gasteiger partial charge in [-0.3, -0.25) is 0 Å². The molecule has 19 heavy (non-hydrogen) atoms. The lowest BCUT2D eigenvalue weighted by Crippen LogP contribution is -2.00. The van der Waals surface area contributed by atoms with Crippen molar-refractivity contribution in [2.45, 2.75) is 6.61 Å². The summed E-state index contributed by atoms with van der Waals surface area (Å²) in [7, 11) is 0. The molecule has 96 valence electrons. The normalized spacial score (nSPS) is 9.95. The minimum Gasteiger partial charge on any atom is -0.489 e. The van der Waals surface area contributed by atoms with Crippen LogP contribution in [-0.4, -0.2) is 0 Å². The van der Waals surface area contributed by atoms with Gasteiger partial charge in [-0.1, -0.05) is 0 Å². The Morgan fingerprint density at radius 2 is 1.95 bits per heavy atom. The molecule has 5 heteroatoms. The van der Waals surface area contributed by atoms with Crippen LogP contribution >= 0.6 is 0 Å². The molecule has 0 heterocycles. The maximum Gasteiger partial charge on any atom is 0.130 e. The molecule has 0 atom stereocenters. The van der Waals surface area contributed by atoms with Crippen LogP contribution in [0.2, 0.25) is 0 Å². The van der Waals surface area contributed by atoms with Gasteiger partial charge in [0.25, 0.3) is 0 Å². The summed E-state index contributed by atoms with van der Waals surface area (Å²) in [4.78, 5) is 0. The van der Waals surface area contributed by atoms with Gasteiger partial charge >= 0.3 is 0 Å². The number of nitrogens with two attached hydrogens (primary N) is 1. The predicted octanol–water partition coefficient (Wildman–Crippen LogP) is 3.00. The zero-order valence-corrected chi connectivity index (χ0v) is 9.86. The molecule has 0 spiro atoms. The van der Waals surface area contributed by atoms with E-state index < -0.39 is 11.6 Å². The van der Waals surface area contributed by atoms with Crippen LogP contribution in [0.15, 0.2) is 36.4 Å². The van der Waals surface area contributed by atoms with Crippen molar-refractivity contribution in [1.82, 2.24) is 0 Å². The van der Waals surface area contributed by atoms with E-state index in [1.807, 2.05) is 6.07 Å². The Hall–Kier alpha value is -2.61. The topological polar surface area (TPSA) is 59.0 Å². The number of hydrogen-bond donors (Lipinski definition) is 1. The van der Waals surface area contributed by atoms with Gasteiger partial charge in [0.05, 0.1) is 5.56 Å². The fourth-order valence-electron chi connectivity index (χ4n) is 1.54. The Morgan fingerprint density at radius 1 is 1.16 bits per heavy atom. The number of rotatable bonds is 3. The van der Waals surface area contributed by atoms with E-state index in [4.69, 9.17) is 15.7 Å². The van der Waals surface area contributed by atoms with E-state index in [-0.39, 0.29) is 17.7 Å². The predicted molar refractivity (Wildman–Crippen MR) is 66.3 cm³/mol. The van der Waals surface area contributed by atoms with E-state index in [0.29, 0.717) is 11.4 Å². The fourth-order valence-corrected chi connectivity index (χ4v) is 1.54. The van der Waals surface area contributed by atoms with Crippen molar-refractivity contribution in [1.29, 1.82) is 5.26 Å². The van der Waals surface area contributed by atoms with Crippen molar-refractivity contribution in [3.8, 4) is 11.8 Å². The van der Waals surface area contributed by atoms with Gasteiger partial charge in [-0.25, -0.2) is 8.78 Å². The first-order valence-corrected chi connectivity index (χ1v) is 5.46. The number of nitrogen functional groups attached to an aromatic ring is 1. The Bertz CT molecular complexity index is 650. The lowest BCUT2D eigenvalue weighted by atomic mass is 10.2. The van der Waals surface area contributed by atoms with E-state index >= 15 is 0 Å². The molecule has 0 bridgehead atoms. The highest BCUT2D eigenvalue weighted by Crippen LogP contribution is 2.20. The highest BCUT2D eigenvalue weighted by molar-refractivity contribution is 5.56. The van der Waals surface area contributed by atoms with Gasteiger partial charge < -0.3 is 10.5 Å². The average Bonchev–Trinajstić information content (AvgIpc) is 2.41. The SMILES string of the molecule is N#Cc1cc(OCc2cc(F)ccc2F)ccc1N. The summed E-state index contributed by atoms with van der Waals surface area (Å²) < 4.78 is 31.6. The maximum atomic E-state index is 13.4. The summed E-state index contributed by atoms with van der Waals surface area (Å²) in [6.07, 6.45) is 0. The summed E-state index contributed by atoms with van der Waals surface area (Å²) in [6.45, 7) is -0.127. The molecule has 0 radical (unpaired) electrons. The number of nitrogens with zero attached hydrogens (tertiary/aromatic N) is 1. The minimum absolute atomic E-state index is 0.107. The fraction of sp³-hybridized carbons (Fsp3) is 0.0714. The number of ether oxygens (including phenoxy) is 1. The molecule has 0 aliphatic carbocycles. The second-order valence-electron chi connectivity index (χ2n) is 3.89. The Morgan fingerprint density at radius 3 is 2.68 bits per heavy atom. The summed E-state index contributed by atoms with van der Waals surface area (Å²) in [6, 6.07) is 9.60. The van der Waals surface area contributed by atoms with Crippen LogP contribution in [0, 0.1) is 23.0 Å². The van der Waals surface area contributed by atoms with E-state index in [2.05, 4.69) is 0 Å². The van der Waals surface area contributed by atoms with Crippen molar-refractivity contribution < 1.29 is 13.5 Å². The molecule has 2 aromatic carbocycles. The number of halogens is 2. The van der Waals surface area contributed by atoms with Crippen LogP contribution in [-0.2, 0) is 6.61 Å². The molecule has 0 aromatic heterocycles. The van der Waals surface area contributed by atoms with Crippen LogP contribution in [0.3, 0.4) is 0 Å². The molecular formula is C14H10F2N2O. The van der Waals surface area contributed by atoms with Gasteiger partial charge in [-0.15, -0.1) is 0 Å². The Labute approximate surface area is 108 Å². The summed E-state index contributed by atoms with van der Waals surface area (Å²) in [5.41, 5.74) is 6.29. The monoisotopic (exact) mass is 260 g/mol. The smallest absolute Gasteiger partial charge is 0.130 e. The van der Waals surface area contributed by atoms with E-state index in [1.54, 1.807) is 6.07 Å². The molecule has 2 rings (SSSR count).